The Morgan fingerprint density at radius 2 is 2.07 bits per heavy atom. The zero-order valence-corrected chi connectivity index (χ0v) is 8.55. The molecule has 0 fully saturated rings. The lowest BCUT2D eigenvalue weighted by molar-refractivity contribution is 0.177. The molecule has 0 N–H and O–H groups in total. The molecule has 1 heterocycles. The quantitative estimate of drug-likeness (QED) is 0.752. The number of hydrogen-bond donors (Lipinski definition) is 0. The average molecular weight is 226 g/mol. The molecule has 0 radical (unpaired) electrons. The van der Waals surface area contributed by atoms with Gasteiger partial charge in [-0.1, -0.05) is 36.0 Å². The predicted molar refractivity (Wildman–Crippen MR) is 56.3 cm³/mol. The maximum atomic E-state index is 12.1. The Balaban J connectivity index is 2.34. The molecule has 0 bridgehead atoms. The molecule has 2 rings (SSSR count). The largest absolute Gasteiger partial charge is 0.247 e. The summed E-state index contributed by atoms with van der Waals surface area (Å²) in [6.07, 6.45) is -0.697. The third-order valence-corrected chi connectivity index (χ3v) is 2.88. The van der Waals surface area contributed by atoms with Crippen LogP contribution in [-0.2, 0) is 0 Å². The summed E-state index contributed by atoms with van der Waals surface area (Å²) in [5, 5.41) is 9.99. The number of thioether (sulfide) groups is 1. The highest BCUT2D eigenvalue weighted by atomic mass is 32.2. The third-order valence-electron chi connectivity index (χ3n) is 1.88. The molecule has 1 aromatic heterocycles. The Bertz CT molecular complexity index is 457. The highest BCUT2D eigenvalue weighted by Gasteiger charge is 2.07. The monoisotopic (exact) mass is 226 g/mol. The molecule has 0 saturated carbocycles. The van der Waals surface area contributed by atoms with Gasteiger partial charge in [0.2, 0.25) is 6.43 Å². The van der Waals surface area contributed by atoms with Gasteiger partial charge in [0, 0.05) is 10.8 Å². The molecule has 2 nitrogen and oxygen atoms in total. The first-order chi connectivity index (χ1) is 7.27. The van der Waals surface area contributed by atoms with Crippen LogP contribution in [0.1, 0.15) is 0 Å². The van der Waals surface area contributed by atoms with Crippen LogP contribution in [0.5, 0.6) is 0 Å². The lowest BCUT2D eigenvalue weighted by Crippen LogP contribution is -1.95. The van der Waals surface area contributed by atoms with E-state index >= 15 is 0 Å². The molecule has 0 spiro atoms. The first-order valence-electron chi connectivity index (χ1n) is 4.39. The molecule has 0 atom stereocenters. The van der Waals surface area contributed by atoms with Crippen molar-refractivity contribution in [1.29, 1.82) is 0 Å². The van der Waals surface area contributed by atoms with Crippen LogP contribution in [-0.4, -0.2) is 22.4 Å². The second-order valence-electron chi connectivity index (χ2n) is 2.94. The first kappa shape index (κ1) is 10.3. The summed E-state index contributed by atoms with van der Waals surface area (Å²) in [6.45, 7) is 0. The first-order valence-corrected chi connectivity index (χ1v) is 5.37. The molecule has 1 aromatic carbocycles. The van der Waals surface area contributed by atoms with Gasteiger partial charge in [0.15, 0.2) is 0 Å². The van der Waals surface area contributed by atoms with Crippen LogP contribution < -0.4 is 0 Å². The Morgan fingerprint density at radius 3 is 2.87 bits per heavy atom. The lowest BCUT2D eigenvalue weighted by atomic mass is 10.2. The second-order valence-corrected chi connectivity index (χ2v) is 3.95. The summed E-state index contributed by atoms with van der Waals surface area (Å²) in [5.74, 6) is -0.247. The van der Waals surface area contributed by atoms with E-state index in [2.05, 4.69) is 10.2 Å². The molecule has 0 saturated heterocycles. The highest BCUT2D eigenvalue weighted by Crippen LogP contribution is 2.25. The fourth-order valence-corrected chi connectivity index (χ4v) is 1.98. The van der Waals surface area contributed by atoms with Crippen molar-refractivity contribution in [3.05, 3.63) is 30.5 Å². The van der Waals surface area contributed by atoms with Crippen LogP contribution in [0, 0.1) is 0 Å². The predicted octanol–water partition coefficient (Wildman–Crippen LogP) is 2.99. The van der Waals surface area contributed by atoms with Crippen LogP contribution in [0.3, 0.4) is 0 Å². The summed E-state index contributed by atoms with van der Waals surface area (Å²) in [5.41, 5.74) is 0. The van der Waals surface area contributed by atoms with Crippen molar-refractivity contribution in [2.24, 2.45) is 0 Å². The number of nitrogens with zero attached hydrogens (tertiary/aromatic N) is 2. The van der Waals surface area contributed by atoms with Gasteiger partial charge in [0.1, 0.15) is 5.03 Å². The van der Waals surface area contributed by atoms with Crippen molar-refractivity contribution in [2.75, 3.05) is 5.75 Å². The van der Waals surface area contributed by atoms with Crippen molar-refractivity contribution >= 4 is 22.5 Å². The molecule has 0 aliphatic carbocycles. The van der Waals surface area contributed by atoms with Crippen LogP contribution in [0.25, 0.3) is 10.8 Å². The SMILES string of the molecule is FC(F)CSc1nncc2ccccc12. The number of halogens is 2. The van der Waals surface area contributed by atoms with E-state index in [4.69, 9.17) is 0 Å². The van der Waals surface area contributed by atoms with Gasteiger partial charge < -0.3 is 0 Å². The third kappa shape index (κ3) is 2.41. The zero-order chi connectivity index (χ0) is 10.7. The smallest absolute Gasteiger partial charge is 0.210 e. The summed E-state index contributed by atoms with van der Waals surface area (Å²) < 4.78 is 24.1. The minimum Gasteiger partial charge on any atom is -0.210 e. The Morgan fingerprint density at radius 1 is 1.27 bits per heavy atom. The van der Waals surface area contributed by atoms with Gasteiger partial charge in [0.25, 0.3) is 0 Å². The Kier molecular flexibility index (Phi) is 3.11. The molecule has 5 heteroatoms. The standard InChI is InChI=1S/C10H8F2N2S/c11-9(12)6-15-10-8-4-2-1-3-7(8)5-13-14-10/h1-5,9H,6H2. The minimum absolute atomic E-state index is 0.247. The van der Waals surface area contributed by atoms with Crippen LogP contribution in [0.4, 0.5) is 8.78 Å². The minimum atomic E-state index is -2.32. The van der Waals surface area contributed by atoms with E-state index in [9.17, 15) is 8.78 Å². The molecule has 0 unspecified atom stereocenters. The fourth-order valence-electron chi connectivity index (χ4n) is 1.25. The van der Waals surface area contributed by atoms with E-state index in [-0.39, 0.29) is 5.75 Å². The van der Waals surface area contributed by atoms with Crippen molar-refractivity contribution in [3.8, 4) is 0 Å². The normalized spacial score (nSPS) is 11.1. The van der Waals surface area contributed by atoms with Gasteiger partial charge in [0.05, 0.1) is 11.9 Å². The summed E-state index contributed by atoms with van der Waals surface area (Å²) in [4.78, 5) is 0. The maximum absolute atomic E-state index is 12.1. The van der Waals surface area contributed by atoms with Crippen molar-refractivity contribution < 1.29 is 8.78 Å². The van der Waals surface area contributed by atoms with E-state index in [0.29, 0.717) is 5.03 Å². The number of alkyl halides is 2. The molecule has 0 aliphatic rings. The highest BCUT2D eigenvalue weighted by molar-refractivity contribution is 7.99. The van der Waals surface area contributed by atoms with Gasteiger partial charge in [-0.2, -0.15) is 5.10 Å². The van der Waals surface area contributed by atoms with E-state index in [0.717, 1.165) is 22.5 Å². The fraction of sp³-hybridized carbons (Fsp3) is 0.200. The number of benzene rings is 1. The summed E-state index contributed by atoms with van der Waals surface area (Å²) >= 11 is 1.03. The molecular formula is C10H8F2N2S. The molecule has 2 aromatic rings. The molecule has 15 heavy (non-hydrogen) atoms. The van der Waals surface area contributed by atoms with E-state index in [1.807, 2.05) is 24.3 Å². The van der Waals surface area contributed by atoms with Crippen LogP contribution >= 0.6 is 11.8 Å². The van der Waals surface area contributed by atoms with Gasteiger partial charge >= 0.3 is 0 Å². The second kappa shape index (κ2) is 4.53. The number of fused-ring (bicyclic) bond motifs is 1. The van der Waals surface area contributed by atoms with E-state index in [1.54, 1.807) is 6.20 Å². The number of rotatable bonds is 3. The molecule has 0 amide bonds. The average Bonchev–Trinajstić information content (AvgIpc) is 2.26. The topological polar surface area (TPSA) is 25.8 Å². The maximum Gasteiger partial charge on any atom is 0.247 e. The van der Waals surface area contributed by atoms with Crippen molar-refractivity contribution in [1.82, 2.24) is 10.2 Å². The number of aromatic nitrogens is 2. The van der Waals surface area contributed by atoms with Crippen LogP contribution in [0.15, 0.2) is 35.5 Å². The van der Waals surface area contributed by atoms with Gasteiger partial charge in [-0.15, -0.1) is 5.10 Å². The van der Waals surface area contributed by atoms with E-state index in [1.165, 1.54) is 0 Å². The van der Waals surface area contributed by atoms with Crippen molar-refractivity contribution in [2.45, 2.75) is 11.5 Å². The molecular weight excluding hydrogens is 218 g/mol. The Labute approximate surface area is 89.7 Å². The van der Waals surface area contributed by atoms with E-state index < -0.39 is 6.43 Å². The summed E-state index contributed by atoms with van der Waals surface area (Å²) in [7, 11) is 0. The lowest BCUT2D eigenvalue weighted by Gasteiger charge is -2.03. The van der Waals surface area contributed by atoms with Crippen molar-refractivity contribution in [3.63, 3.8) is 0 Å². The molecule has 0 aliphatic heterocycles. The summed E-state index contributed by atoms with van der Waals surface area (Å²) in [6, 6.07) is 7.48. The van der Waals surface area contributed by atoms with Gasteiger partial charge in [-0.25, -0.2) is 8.78 Å². The number of hydrogen-bond acceptors (Lipinski definition) is 3. The van der Waals surface area contributed by atoms with Gasteiger partial charge in [-0.3, -0.25) is 0 Å². The Hall–Kier alpha value is -1.23. The van der Waals surface area contributed by atoms with Gasteiger partial charge in [-0.05, 0) is 0 Å². The molecule has 78 valence electrons. The van der Waals surface area contributed by atoms with Crippen LogP contribution in [0.2, 0.25) is 0 Å². The zero-order valence-electron chi connectivity index (χ0n) is 7.73.